The van der Waals surface area contributed by atoms with Gasteiger partial charge in [0.1, 0.15) is 6.04 Å². The minimum atomic E-state index is -3.92. The van der Waals surface area contributed by atoms with Gasteiger partial charge in [0.2, 0.25) is 15.9 Å². The number of amides is 1. The van der Waals surface area contributed by atoms with E-state index in [-0.39, 0.29) is 16.8 Å². The van der Waals surface area contributed by atoms with E-state index in [9.17, 15) is 13.2 Å². The van der Waals surface area contributed by atoms with E-state index in [0.717, 1.165) is 40.9 Å². The van der Waals surface area contributed by atoms with Crippen LogP contribution >= 0.6 is 11.3 Å². The van der Waals surface area contributed by atoms with E-state index in [1.165, 1.54) is 17.4 Å². The second kappa shape index (κ2) is 9.06. The van der Waals surface area contributed by atoms with Gasteiger partial charge >= 0.3 is 0 Å². The highest BCUT2D eigenvalue weighted by Crippen LogP contribution is 2.27. The third kappa shape index (κ3) is 5.14. The summed E-state index contributed by atoms with van der Waals surface area (Å²) in [6, 6.07) is 12.9. The van der Waals surface area contributed by atoms with E-state index in [4.69, 9.17) is 0 Å². The largest absolute Gasteiger partial charge is 0.352 e. The summed E-state index contributed by atoms with van der Waals surface area (Å²) in [7, 11) is -3.92. The summed E-state index contributed by atoms with van der Waals surface area (Å²) in [5.74, 6) is 0.353. The quantitative estimate of drug-likeness (QED) is 0.577. The van der Waals surface area contributed by atoms with Crippen molar-refractivity contribution >= 4 is 37.5 Å². The maximum atomic E-state index is 13.2. The minimum absolute atomic E-state index is 0.0796. The first-order chi connectivity index (χ1) is 14.8. The molecule has 0 bridgehead atoms. The Hall–Kier alpha value is -2.29. The number of hydrogen-bond donors (Lipinski definition) is 2. The van der Waals surface area contributed by atoms with E-state index >= 15 is 0 Å². The van der Waals surface area contributed by atoms with E-state index in [1.54, 1.807) is 36.4 Å². The molecule has 0 spiro atoms. The highest BCUT2D eigenvalue weighted by molar-refractivity contribution is 7.89. The van der Waals surface area contributed by atoms with Crippen LogP contribution in [-0.4, -0.2) is 25.4 Å². The molecule has 1 fully saturated rings. The van der Waals surface area contributed by atoms with Crippen LogP contribution in [0.1, 0.15) is 49.2 Å². The van der Waals surface area contributed by atoms with E-state index < -0.39 is 16.1 Å². The molecule has 1 unspecified atom stereocenters. The molecule has 6 nitrogen and oxygen atoms in total. The first kappa shape index (κ1) is 21.9. The van der Waals surface area contributed by atoms with Crippen molar-refractivity contribution < 1.29 is 13.2 Å². The lowest BCUT2D eigenvalue weighted by Crippen LogP contribution is -2.45. The molecule has 2 aromatic carbocycles. The number of aryl methyl sites for hydroxylation is 1. The van der Waals surface area contributed by atoms with Crippen molar-refractivity contribution in [2.75, 3.05) is 0 Å². The molecule has 0 saturated heterocycles. The summed E-state index contributed by atoms with van der Waals surface area (Å²) in [5, 5.41) is 3.95. The Balaban J connectivity index is 1.59. The Morgan fingerprint density at radius 3 is 2.52 bits per heavy atom. The van der Waals surface area contributed by atoms with Gasteiger partial charge in [0, 0.05) is 6.04 Å². The number of benzene rings is 2. The predicted octanol–water partition coefficient (Wildman–Crippen LogP) is 4.32. The van der Waals surface area contributed by atoms with Crippen LogP contribution in [0.4, 0.5) is 0 Å². The van der Waals surface area contributed by atoms with Gasteiger partial charge in [0.25, 0.3) is 0 Å². The summed E-state index contributed by atoms with van der Waals surface area (Å²) in [6.45, 7) is 4.11. The van der Waals surface area contributed by atoms with Crippen molar-refractivity contribution in [2.24, 2.45) is 5.92 Å². The van der Waals surface area contributed by atoms with Gasteiger partial charge in [-0.05, 0) is 62.3 Å². The fourth-order valence-corrected chi connectivity index (χ4v) is 6.17. The average Bonchev–Trinajstić information content (AvgIpc) is 3.13. The lowest BCUT2D eigenvalue weighted by Gasteiger charge is -2.29. The maximum absolute atomic E-state index is 13.2. The summed E-state index contributed by atoms with van der Waals surface area (Å²) in [6.07, 6.45) is 3.98. The Morgan fingerprint density at radius 2 is 1.81 bits per heavy atom. The Morgan fingerprint density at radius 1 is 1.10 bits per heavy atom. The zero-order chi connectivity index (χ0) is 22.0. The monoisotopic (exact) mass is 457 g/mol. The van der Waals surface area contributed by atoms with Gasteiger partial charge in [-0.3, -0.25) is 4.79 Å². The number of nitrogens with zero attached hydrogens (tertiary/aromatic N) is 1. The van der Waals surface area contributed by atoms with Gasteiger partial charge in [-0.1, -0.05) is 37.3 Å². The molecule has 164 valence electrons. The Kier molecular flexibility index (Phi) is 6.41. The predicted molar refractivity (Wildman–Crippen MR) is 123 cm³/mol. The molecule has 1 heterocycles. The van der Waals surface area contributed by atoms with Gasteiger partial charge in [-0.15, -0.1) is 11.3 Å². The molecule has 3 aromatic rings. The maximum Gasteiger partial charge on any atom is 0.242 e. The molecule has 1 aliphatic rings. The Labute approximate surface area is 187 Å². The number of thiazole rings is 1. The van der Waals surface area contributed by atoms with Crippen LogP contribution in [0.3, 0.4) is 0 Å². The van der Waals surface area contributed by atoms with Gasteiger partial charge < -0.3 is 5.32 Å². The average molecular weight is 458 g/mol. The van der Waals surface area contributed by atoms with Gasteiger partial charge in [0.05, 0.1) is 20.1 Å². The normalized spacial score (nSPS) is 20.5. The Bertz CT molecular complexity index is 1170. The summed E-state index contributed by atoms with van der Waals surface area (Å²) >= 11 is 1.44. The van der Waals surface area contributed by atoms with Gasteiger partial charge in [-0.2, -0.15) is 4.72 Å². The number of nitrogens with one attached hydrogen (secondary N) is 2. The molecule has 0 aliphatic heterocycles. The van der Waals surface area contributed by atoms with Crippen molar-refractivity contribution in [2.45, 2.75) is 56.5 Å². The summed E-state index contributed by atoms with van der Waals surface area (Å²) in [4.78, 5) is 17.7. The lowest BCUT2D eigenvalue weighted by atomic mass is 9.87. The zero-order valence-electron chi connectivity index (χ0n) is 17.7. The summed E-state index contributed by atoms with van der Waals surface area (Å²) < 4.78 is 29.8. The molecule has 8 heteroatoms. The molecule has 1 amide bonds. The number of aromatic nitrogens is 1. The molecule has 1 saturated carbocycles. The van der Waals surface area contributed by atoms with Crippen LogP contribution in [0.5, 0.6) is 0 Å². The van der Waals surface area contributed by atoms with Gasteiger partial charge in [-0.25, -0.2) is 13.4 Å². The van der Waals surface area contributed by atoms with E-state index in [2.05, 4.69) is 21.9 Å². The molecule has 1 atom stereocenters. The third-order valence-electron chi connectivity index (χ3n) is 5.81. The molecule has 2 N–H and O–H groups in total. The number of carbonyl (C=O) groups excluding carboxylic acids is 1. The van der Waals surface area contributed by atoms with Gasteiger partial charge in [0.15, 0.2) is 0 Å². The standard InChI is InChI=1S/C23H27N3O3S2/c1-15-8-10-18(11-9-15)25-23(27)22(17-6-4-3-5-7-17)26-31(28,29)19-12-13-20-21(14-19)30-16(2)24-20/h3-7,12-15,18,22,26H,8-11H2,1-2H3,(H,25,27). The summed E-state index contributed by atoms with van der Waals surface area (Å²) in [5.41, 5.74) is 1.38. The molecule has 31 heavy (non-hydrogen) atoms. The first-order valence-electron chi connectivity index (χ1n) is 10.6. The highest BCUT2D eigenvalue weighted by Gasteiger charge is 2.30. The van der Waals surface area contributed by atoms with Crippen molar-refractivity contribution in [3.05, 3.63) is 59.1 Å². The number of fused-ring (bicyclic) bond motifs is 1. The van der Waals surface area contributed by atoms with Crippen LogP contribution in [0.25, 0.3) is 10.2 Å². The second-order valence-electron chi connectivity index (χ2n) is 8.29. The van der Waals surface area contributed by atoms with Crippen LogP contribution in [0.15, 0.2) is 53.4 Å². The highest BCUT2D eigenvalue weighted by atomic mass is 32.2. The molecule has 4 rings (SSSR count). The number of carbonyl (C=O) groups is 1. The number of hydrogen-bond acceptors (Lipinski definition) is 5. The SMILES string of the molecule is Cc1nc2ccc(S(=O)(=O)NC(C(=O)NC3CCC(C)CC3)c3ccccc3)cc2s1. The van der Waals surface area contributed by atoms with E-state index in [1.807, 2.05) is 13.0 Å². The van der Waals surface area contributed by atoms with E-state index in [0.29, 0.717) is 11.5 Å². The van der Waals surface area contributed by atoms with Crippen molar-refractivity contribution in [1.29, 1.82) is 0 Å². The minimum Gasteiger partial charge on any atom is -0.352 e. The molecule has 1 aromatic heterocycles. The first-order valence-corrected chi connectivity index (χ1v) is 12.9. The smallest absolute Gasteiger partial charge is 0.242 e. The molecule has 0 radical (unpaired) electrons. The number of rotatable bonds is 6. The van der Waals surface area contributed by atoms with Crippen LogP contribution in [0, 0.1) is 12.8 Å². The number of sulfonamides is 1. The van der Waals surface area contributed by atoms with Crippen LogP contribution < -0.4 is 10.0 Å². The van der Waals surface area contributed by atoms with Crippen LogP contribution in [-0.2, 0) is 14.8 Å². The lowest BCUT2D eigenvalue weighted by molar-refractivity contribution is -0.123. The zero-order valence-corrected chi connectivity index (χ0v) is 19.3. The molecular formula is C23H27N3O3S2. The van der Waals surface area contributed by atoms with Crippen LogP contribution in [0.2, 0.25) is 0 Å². The third-order valence-corrected chi connectivity index (χ3v) is 8.16. The second-order valence-corrected chi connectivity index (χ2v) is 11.2. The topological polar surface area (TPSA) is 88.2 Å². The van der Waals surface area contributed by atoms with Crippen molar-refractivity contribution in [3.8, 4) is 0 Å². The van der Waals surface area contributed by atoms with Crippen molar-refractivity contribution in [3.63, 3.8) is 0 Å². The molecular weight excluding hydrogens is 430 g/mol. The fourth-order valence-electron chi connectivity index (χ4n) is 4.02. The molecule has 1 aliphatic carbocycles. The fraction of sp³-hybridized carbons (Fsp3) is 0.391. The van der Waals surface area contributed by atoms with Crippen molar-refractivity contribution in [1.82, 2.24) is 15.0 Å².